The number of hydrogen-bond acceptors (Lipinski definition) is 6. The van der Waals surface area contributed by atoms with Gasteiger partial charge in [0.15, 0.2) is 0 Å². The molecule has 106 valence electrons. The fourth-order valence-corrected chi connectivity index (χ4v) is 6.37. The quantitative estimate of drug-likeness (QED) is 0.263. The Hall–Kier alpha value is -0.350. The SMILES string of the molecule is CCOP(=O)(CN=[N+]=[N-])CP(=O)(OCC)OCC. The Kier molecular flexibility index (Phi) is 8.53. The van der Waals surface area contributed by atoms with E-state index in [0.717, 1.165) is 0 Å². The van der Waals surface area contributed by atoms with Gasteiger partial charge in [-0.05, 0) is 26.3 Å². The minimum atomic E-state index is -3.48. The van der Waals surface area contributed by atoms with Gasteiger partial charge in [-0.25, -0.2) is 0 Å². The van der Waals surface area contributed by atoms with E-state index >= 15 is 0 Å². The molecular weight excluding hydrogens is 280 g/mol. The van der Waals surface area contributed by atoms with Crippen molar-refractivity contribution in [3.8, 4) is 0 Å². The lowest BCUT2D eigenvalue weighted by molar-refractivity contribution is 0.222. The summed E-state index contributed by atoms with van der Waals surface area (Å²) in [5.74, 6) is -0.380. The molecule has 0 fully saturated rings. The molecule has 0 radical (unpaired) electrons. The second kappa shape index (κ2) is 8.70. The lowest BCUT2D eigenvalue weighted by Gasteiger charge is -2.22. The maximum absolute atomic E-state index is 12.3. The van der Waals surface area contributed by atoms with Crippen LogP contribution >= 0.6 is 15.0 Å². The highest BCUT2D eigenvalue weighted by Gasteiger charge is 2.36. The van der Waals surface area contributed by atoms with Gasteiger partial charge in [0, 0.05) is 4.91 Å². The van der Waals surface area contributed by atoms with Crippen LogP contribution < -0.4 is 0 Å². The monoisotopic (exact) mass is 299 g/mol. The third-order valence-corrected chi connectivity index (χ3v) is 7.45. The van der Waals surface area contributed by atoms with E-state index in [1.165, 1.54) is 0 Å². The summed E-state index contributed by atoms with van der Waals surface area (Å²) in [7, 11) is -6.83. The number of rotatable bonds is 10. The fourth-order valence-electron chi connectivity index (χ4n) is 1.26. The molecule has 18 heavy (non-hydrogen) atoms. The summed E-state index contributed by atoms with van der Waals surface area (Å²) < 4.78 is 39.7. The molecule has 1 atom stereocenters. The Bertz CT molecular complexity index is 373. The first kappa shape index (κ1) is 17.6. The second-order valence-corrected chi connectivity index (χ2v) is 8.23. The summed E-state index contributed by atoms with van der Waals surface area (Å²) in [6.45, 7) is 5.47. The van der Waals surface area contributed by atoms with Crippen molar-refractivity contribution in [1.29, 1.82) is 0 Å². The zero-order valence-corrected chi connectivity index (χ0v) is 12.6. The first-order valence-electron chi connectivity index (χ1n) is 5.57. The fraction of sp³-hybridized carbons (Fsp3) is 1.00. The molecule has 0 N–H and O–H groups in total. The molecule has 0 saturated heterocycles. The van der Waals surface area contributed by atoms with Crippen molar-refractivity contribution < 1.29 is 22.7 Å². The van der Waals surface area contributed by atoms with Crippen LogP contribution in [0.15, 0.2) is 5.11 Å². The Balaban J connectivity index is 4.96. The topological polar surface area (TPSA) is 111 Å². The minimum Gasteiger partial charge on any atom is -0.328 e. The van der Waals surface area contributed by atoms with Crippen molar-refractivity contribution in [3.05, 3.63) is 10.4 Å². The van der Waals surface area contributed by atoms with Gasteiger partial charge >= 0.3 is 7.60 Å². The number of nitrogens with zero attached hydrogens (tertiary/aromatic N) is 3. The molecule has 0 amide bonds. The summed E-state index contributed by atoms with van der Waals surface area (Å²) in [4.78, 5) is 2.53. The molecule has 0 saturated carbocycles. The van der Waals surface area contributed by atoms with E-state index in [-0.39, 0.29) is 32.0 Å². The first-order valence-corrected chi connectivity index (χ1v) is 9.29. The molecule has 0 rings (SSSR count). The molecule has 10 heteroatoms. The predicted molar refractivity (Wildman–Crippen MR) is 69.0 cm³/mol. The van der Waals surface area contributed by atoms with Crippen LogP contribution in [0.5, 0.6) is 0 Å². The Morgan fingerprint density at radius 3 is 1.94 bits per heavy atom. The van der Waals surface area contributed by atoms with Crippen LogP contribution in [0.3, 0.4) is 0 Å². The Morgan fingerprint density at radius 2 is 1.56 bits per heavy atom. The Labute approximate surface area is 107 Å². The van der Waals surface area contributed by atoms with Crippen molar-refractivity contribution in [2.45, 2.75) is 20.8 Å². The van der Waals surface area contributed by atoms with E-state index in [0.29, 0.717) is 0 Å². The van der Waals surface area contributed by atoms with Crippen LogP contribution in [-0.2, 0) is 22.7 Å². The first-order chi connectivity index (χ1) is 8.45. The third-order valence-electron chi connectivity index (χ3n) is 1.75. The molecule has 0 spiro atoms. The molecule has 0 aromatic rings. The van der Waals surface area contributed by atoms with Crippen LogP contribution in [0, 0.1) is 0 Å². The molecule has 0 aromatic carbocycles. The summed E-state index contributed by atoms with van der Waals surface area (Å²) in [5.41, 5.74) is 8.25. The molecule has 0 aromatic heterocycles. The molecule has 1 unspecified atom stereocenters. The van der Waals surface area contributed by atoms with E-state index in [1.807, 2.05) is 0 Å². The lowest BCUT2D eigenvalue weighted by Crippen LogP contribution is -2.05. The lowest BCUT2D eigenvalue weighted by atomic mass is 10.9. The van der Waals surface area contributed by atoms with Crippen molar-refractivity contribution in [2.24, 2.45) is 5.11 Å². The van der Waals surface area contributed by atoms with Gasteiger partial charge in [0.1, 0.15) is 12.2 Å². The van der Waals surface area contributed by atoms with Gasteiger partial charge in [-0.1, -0.05) is 5.11 Å². The number of azide groups is 1. The maximum atomic E-state index is 12.3. The van der Waals surface area contributed by atoms with Crippen LogP contribution in [0.2, 0.25) is 0 Å². The molecule has 0 heterocycles. The van der Waals surface area contributed by atoms with E-state index in [9.17, 15) is 9.13 Å². The number of hydrogen-bond donors (Lipinski definition) is 0. The minimum absolute atomic E-state index is 0.163. The van der Waals surface area contributed by atoms with Gasteiger partial charge in [-0.2, -0.15) is 0 Å². The van der Waals surface area contributed by atoms with E-state index in [1.54, 1.807) is 20.8 Å². The highest BCUT2D eigenvalue weighted by molar-refractivity contribution is 7.73. The van der Waals surface area contributed by atoms with Crippen molar-refractivity contribution in [2.75, 3.05) is 32.0 Å². The standard InChI is InChI=1S/C8H19N3O5P2/c1-4-14-17(12,7-10-11-9)8-18(13,15-5-2)16-6-3/h4-8H2,1-3H3. The zero-order valence-electron chi connectivity index (χ0n) is 10.8. The van der Waals surface area contributed by atoms with Crippen LogP contribution in [-0.4, -0.2) is 32.0 Å². The molecular formula is C8H19N3O5P2. The van der Waals surface area contributed by atoms with Crippen molar-refractivity contribution in [3.63, 3.8) is 0 Å². The van der Waals surface area contributed by atoms with Crippen LogP contribution in [0.25, 0.3) is 10.4 Å². The van der Waals surface area contributed by atoms with Crippen LogP contribution in [0.4, 0.5) is 0 Å². The molecule has 8 nitrogen and oxygen atoms in total. The van der Waals surface area contributed by atoms with Crippen molar-refractivity contribution in [1.82, 2.24) is 0 Å². The van der Waals surface area contributed by atoms with Gasteiger partial charge in [-0.3, -0.25) is 9.13 Å². The van der Waals surface area contributed by atoms with Gasteiger partial charge in [0.05, 0.1) is 19.8 Å². The molecule has 0 aliphatic heterocycles. The van der Waals surface area contributed by atoms with E-state index in [4.69, 9.17) is 19.1 Å². The summed E-state index contributed by atoms with van der Waals surface area (Å²) in [6.07, 6.45) is -0.360. The highest BCUT2D eigenvalue weighted by atomic mass is 31.2. The summed E-state index contributed by atoms with van der Waals surface area (Å²) in [6, 6.07) is 0. The highest BCUT2D eigenvalue weighted by Crippen LogP contribution is 2.63. The van der Waals surface area contributed by atoms with Crippen molar-refractivity contribution >= 4 is 15.0 Å². The average Bonchev–Trinajstić information content (AvgIpc) is 2.27. The van der Waals surface area contributed by atoms with Gasteiger partial charge in [0.2, 0.25) is 7.37 Å². The summed E-state index contributed by atoms with van der Waals surface area (Å²) in [5, 5.41) is 3.23. The summed E-state index contributed by atoms with van der Waals surface area (Å²) >= 11 is 0. The van der Waals surface area contributed by atoms with E-state index < -0.39 is 15.0 Å². The predicted octanol–water partition coefficient (Wildman–Crippen LogP) is 3.79. The van der Waals surface area contributed by atoms with E-state index in [2.05, 4.69) is 10.0 Å². The molecule has 0 aliphatic rings. The third kappa shape index (κ3) is 6.55. The van der Waals surface area contributed by atoms with Crippen LogP contribution in [0.1, 0.15) is 20.8 Å². The van der Waals surface area contributed by atoms with Gasteiger partial charge in [0.25, 0.3) is 0 Å². The maximum Gasteiger partial charge on any atom is 0.340 e. The molecule has 0 bridgehead atoms. The van der Waals surface area contributed by atoms with Gasteiger partial charge < -0.3 is 13.6 Å². The second-order valence-electron chi connectivity index (χ2n) is 3.19. The largest absolute Gasteiger partial charge is 0.340 e. The average molecular weight is 299 g/mol. The normalized spacial score (nSPS) is 14.8. The van der Waals surface area contributed by atoms with Gasteiger partial charge in [-0.15, -0.1) is 0 Å². The smallest absolute Gasteiger partial charge is 0.328 e. The Morgan fingerprint density at radius 1 is 1.06 bits per heavy atom. The zero-order chi connectivity index (χ0) is 14.1. The molecule has 0 aliphatic carbocycles.